The average molecular weight is 448 g/mol. The highest BCUT2D eigenvalue weighted by atomic mass is 32.2. The molecule has 5 aromatic rings. The van der Waals surface area contributed by atoms with Crippen LogP contribution in [0.1, 0.15) is 16.7 Å². The number of thiophene rings is 1. The van der Waals surface area contributed by atoms with E-state index in [1.807, 2.05) is 43.3 Å². The maximum absolute atomic E-state index is 13.5. The number of hydrogen-bond acceptors (Lipinski definition) is 5. The molecule has 0 N–H and O–H groups in total. The largest absolute Gasteiger partial charge is 0.282 e. The first-order valence-corrected chi connectivity index (χ1v) is 11.6. The fourth-order valence-corrected chi connectivity index (χ4v) is 5.37. The van der Waals surface area contributed by atoms with Crippen LogP contribution in [-0.4, -0.2) is 14.5 Å². The van der Waals surface area contributed by atoms with Gasteiger partial charge in [-0.25, -0.2) is 14.4 Å². The van der Waals surface area contributed by atoms with Crippen LogP contribution in [-0.2, 0) is 12.3 Å². The van der Waals surface area contributed by atoms with Gasteiger partial charge in [0.15, 0.2) is 5.16 Å². The number of halogens is 1. The lowest BCUT2D eigenvalue weighted by Crippen LogP contribution is -2.23. The highest BCUT2D eigenvalue weighted by Crippen LogP contribution is 2.31. The summed E-state index contributed by atoms with van der Waals surface area (Å²) in [6.45, 7) is 2.48. The van der Waals surface area contributed by atoms with Crippen LogP contribution in [0.4, 0.5) is 4.39 Å². The SMILES string of the molecule is Cc1ccc(Cn2c(SCc3ccc(F)cc3)nc3c(sc4ncccc43)c2=O)cc1. The number of rotatable bonds is 5. The molecule has 0 spiro atoms. The summed E-state index contributed by atoms with van der Waals surface area (Å²) in [5.74, 6) is 0.328. The van der Waals surface area contributed by atoms with Crippen molar-refractivity contribution in [3.8, 4) is 0 Å². The molecule has 7 heteroatoms. The first-order chi connectivity index (χ1) is 15.1. The van der Waals surface area contributed by atoms with Gasteiger partial charge in [0, 0.05) is 17.3 Å². The number of hydrogen-bond donors (Lipinski definition) is 0. The van der Waals surface area contributed by atoms with Gasteiger partial charge in [-0.05, 0) is 42.3 Å². The second-order valence-corrected chi connectivity index (χ2v) is 9.26. The second kappa shape index (κ2) is 8.24. The molecule has 0 fully saturated rings. The molecule has 0 aliphatic rings. The number of benzene rings is 2. The summed E-state index contributed by atoms with van der Waals surface area (Å²) in [7, 11) is 0. The van der Waals surface area contributed by atoms with E-state index in [2.05, 4.69) is 4.98 Å². The van der Waals surface area contributed by atoms with E-state index >= 15 is 0 Å². The molecule has 2 aromatic carbocycles. The van der Waals surface area contributed by atoms with Gasteiger partial charge in [-0.15, -0.1) is 11.3 Å². The van der Waals surface area contributed by atoms with E-state index in [-0.39, 0.29) is 11.4 Å². The van der Waals surface area contributed by atoms with Gasteiger partial charge in [-0.2, -0.15) is 0 Å². The van der Waals surface area contributed by atoms with Gasteiger partial charge < -0.3 is 0 Å². The zero-order chi connectivity index (χ0) is 21.4. The number of thioether (sulfide) groups is 1. The van der Waals surface area contributed by atoms with Crippen molar-refractivity contribution in [1.82, 2.24) is 14.5 Å². The van der Waals surface area contributed by atoms with Crippen LogP contribution in [0.2, 0.25) is 0 Å². The predicted molar refractivity (Wildman–Crippen MR) is 125 cm³/mol. The lowest BCUT2D eigenvalue weighted by molar-refractivity contribution is 0.627. The molecular formula is C24H18FN3OS2. The predicted octanol–water partition coefficient (Wildman–Crippen LogP) is 5.79. The number of nitrogens with zero attached hydrogens (tertiary/aromatic N) is 3. The molecular weight excluding hydrogens is 429 g/mol. The van der Waals surface area contributed by atoms with Gasteiger partial charge in [0.05, 0.1) is 12.1 Å². The number of pyridine rings is 1. The Hall–Kier alpha value is -3.03. The molecule has 4 nitrogen and oxygen atoms in total. The van der Waals surface area contributed by atoms with Crippen molar-refractivity contribution in [2.45, 2.75) is 24.4 Å². The Bertz CT molecular complexity index is 1440. The Morgan fingerprint density at radius 3 is 2.55 bits per heavy atom. The van der Waals surface area contributed by atoms with Crippen molar-refractivity contribution in [2.75, 3.05) is 0 Å². The van der Waals surface area contributed by atoms with Crippen LogP contribution in [0, 0.1) is 12.7 Å². The van der Waals surface area contributed by atoms with Crippen molar-refractivity contribution >= 4 is 43.5 Å². The van der Waals surface area contributed by atoms with Crippen LogP contribution in [0.5, 0.6) is 0 Å². The Labute approximate surface area is 186 Å². The lowest BCUT2D eigenvalue weighted by Gasteiger charge is -2.12. The van der Waals surface area contributed by atoms with Crippen LogP contribution in [0.3, 0.4) is 0 Å². The van der Waals surface area contributed by atoms with E-state index in [1.54, 1.807) is 22.9 Å². The van der Waals surface area contributed by atoms with E-state index in [0.717, 1.165) is 21.3 Å². The van der Waals surface area contributed by atoms with E-state index in [9.17, 15) is 9.18 Å². The maximum atomic E-state index is 13.5. The summed E-state index contributed by atoms with van der Waals surface area (Å²) in [6, 6.07) is 18.4. The van der Waals surface area contributed by atoms with E-state index in [4.69, 9.17) is 4.98 Å². The van der Waals surface area contributed by atoms with Gasteiger partial charge in [0.2, 0.25) is 0 Å². The lowest BCUT2D eigenvalue weighted by atomic mass is 10.1. The topological polar surface area (TPSA) is 47.8 Å². The summed E-state index contributed by atoms with van der Waals surface area (Å²) in [5, 5.41) is 1.54. The van der Waals surface area contributed by atoms with Crippen LogP contribution < -0.4 is 5.56 Å². The number of aromatic nitrogens is 3. The van der Waals surface area contributed by atoms with E-state index in [0.29, 0.717) is 27.7 Å². The maximum Gasteiger partial charge on any atom is 0.272 e. The van der Waals surface area contributed by atoms with Crippen molar-refractivity contribution in [3.63, 3.8) is 0 Å². The number of aryl methyl sites for hydroxylation is 1. The van der Waals surface area contributed by atoms with Crippen molar-refractivity contribution in [1.29, 1.82) is 0 Å². The molecule has 0 saturated heterocycles. The third-order valence-electron chi connectivity index (χ3n) is 5.06. The molecule has 0 unspecified atom stereocenters. The normalized spacial score (nSPS) is 11.4. The molecule has 3 aromatic heterocycles. The molecule has 3 heterocycles. The highest BCUT2D eigenvalue weighted by molar-refractivity contribution is 7.98. The van der Waals surface area contributed by atoms with Crippen molar-refractivity contribution in [3.05, 3.63) is 99.7 Å². The minimum atomic E-state index is -0.262. The highest BCUT2D eigenvalue weighted by Gasteiger charge is 2.17. The van der Waals surface area contributed by atoms with Gasteiger partial charge in [0.1, 0.15) is 15.3 Å². The van der Waals surface area contributed by atoms with Gasteiger partial charge in [0.25, 0.3) is 5.56 Å². The fourth-order valence-electron chi connectivity index (χ4n) is 3.40. The summed E-state index contributed by atoms with van der Waals surface area (Å²) in [6.07, 6.45) is 1.73. The molecule has 0 saturated carbocycles. The molecule has 5 rings (SSSR count). The van der Waals surface area contributed by atoms with Crippen molar-refractivity contribution < 1.29 is 4.39 Å². The van der Waals surface area contributed by atoms with Crippen LogP contribution >= 0.6 is 23.1 Å². The number of fused-ring (bicyclic) bond motifs is 3. The Morgan fingerprint density at radius 1 is 1.03 bits per heavy atom. The van der Waals surface area contributed by atoms with Crippen LogP contribution in [0.15, 0.2) is 76.8 Å². The van der Waals surface area contributed by atoms with Crippen molar-refractivity contribution in [2.24, 2.45) is 0 Å². The van der Waals surface area contributed by atoms with Gasteiger partial charge >= 0.3 is 0 Å². The van der Waals surface area contributed by atoms with E-state index in [1.165, 1.54) is 40.8 Å². The Kier molecular flexibility index (Phi) is 5.29. The zero-order valence-corrected chi connectivity index (χ0v) is 18.3. The second-order valence-electron chi connectivity index (χ2n) is 7.32. The summed E-state index contributed by atoms with van der Waals surface area (Å²) >= 11 is 2.87. The Balaban J connectivity index is 1.62. The third kappa shape index (κ3) is 3.98. The Morgan fingerprint density at radius 2 is 1.77 bits per heavy atom. The molecule has 0 atom stereocenters. The minimum Gasteiger partial charge on any atom is -0.282 e. The smallest absolute Gasteiger partial charge is 0.272 e. The molecule has 0 bridgehead atoms. The summed E-state index contributed by atoms with van der Waals surface area (Å²) < 4.78 is 15.6. The summed E-state index contributed by atoms with van der Waals surface area (Å²) in [5.41, 5.74) is 3.82. The standard InChI is InChI=1S/C24H18FN3OS2/c1-15-4-6-16(7-5-15)13-28-23(29)21-20(19-3-2-12-26-22(19)31-21)27-24(28)30-14-17-8-10-18(25)11-9-17/h2-12H,13-14H2,1H3. The molecule has 0 amide bonds. The fraction of sp³-hybridized carbons (Fsp3) is 0.125. The third-order valence-corrected chi connectivity index (χ3v) is 7.20. The molecule has 0 radical (unpaired) electrons. The monoisotopic (exact) mass is 447 g/mol. The first kappa shape index (κ1) is 19.9. The zero-order valence-electron chi connectivity index (χ0n) is 16.7. The molecule has 0 aliphatic carbocycles. The van der Waals surface area contributed by atoms with Gasteiger partial charge in [-0.3, -0.25) is 9.36 Å². The molecule has 31 heavy (non-hydrogen) atoms. The van der Waals surface area contributed by atoms with Crippen LogP contribution in [0.25, 0.3) is 20.4 Å². The van der Waals surface area contributed by atoms with E-state index < -0.39 is 0 Å². The average Bonchev–Trinajstić information content (AvgIpc) is 3.16. The molecule has 0 aliphatic heterocycles. The van der Waals surface area contributed by atoms with Gasteiger partial charge in [-0.1, -0.05) is 53.7 Å². The first-order valence-electron chi connectivity index (χ1n) is 9.79. The minimum absolute atomic E-state index is 0.0600. The summed E-state index contributed by atoms with van der Waals surface area (Å²) in [4.78, 5) is 23.6. The quantitative estimate of drug-likeness (QED) is 0.253. The molecule has 154 valence electrons.